The van der Waals surface area contributed by atoms with Gasteiger partial charge in [0.05, 0.1) is 12.5 Å². The van der Waals surface area contributed by atoms with Crippen LogP contribution < -0.4 is 4.72 Å². The van der Waals surface area contributed by atoms with Crippen LogP contribution in [0.5, 0.6) is 0 Å². The number of carboxylic acids is 1. The second-order valence-corrected chi connectivity index (χ2v) is 10.4. The molecular formula is C17H21NO5S2. The Hall–Kier alpha value is -1.64. The van der Waals surface area contributed by atoms with Crippen molar-refractivity contribution in [3.8, 4) is 0 Å². The van der Waals surface area contributed by atoms with E-state index in [1.54, 1.807) is 6.07 Å². The van der Waals surface area contributed by atoms with Crippen LogP contribution in [0.1, 0.15) is 48.3 Å². The summed E-state index contributed by atoms with van der Waals surface area (Å²) in [7, 11) is -3.72. The monoisotopic (exact) mass is 383 g/mol. The highest BCUT2D eigenvalue weighted by Gasteiger charge is 2.37. The summed E-state index contributed by atoms with van der Waals surface area (Å²) >= 11 is 0.988. The van der Waals surface area contributed by atoms with Crippen LogP contribution >= 0.6 is 11.3 Å². The molecule has 0 bridgehead atoms. The quantitative estimate of drug-likeness (QED) is 0.826. The summed E-state index contributed by atoms with van der Waals surface area (Å²) in [4.78, 5) is 11.3. The fraction of sp³-hybridized carbons (Fsp3) is 0.471. The number of nitrogens with one attached hydrogen (secondary N) is 1. The van der Waals surface area contributed by atoms with Crippen LogP contribution in [-0.4, -0.2) is 19.5 Å². The van der Waals surface area contributed by atoms with E-state index in [2.05, 4.69) is 18.6 Å². The first-order valence-electron chi connectivity index (χ1n) is 7.98. The normalized spacial score (nSPS) is 19.6. The lowest BCUT2D eigenvalue weighted by atomic mass is 9.75. The second kappa shape index (κ2) is 6.26. The van der Waals surface area contributed by atoms with Crippen molar-refractivity contribution in [3.63, 3.8) is 0 Å². The Morgan fingerprint density at radius 2 is 2.16 bits per heavy atom. The van der Waals surface area contributed by atoms with Gasteiger partial charge in [0, 0.05) is 16.9 Å². The number of furan rings is 1. The largest absolute Gasteiger partial charge is 0.481 e. The smallest absolute Gasteiger partial charge is 0.308 e. The summed E-state index contributed by atoms with van der Waals surface area (Å²) in [5.74, 6) is 0.622. The summed E-state index contributed by atoms with van der Waals surface area (Å²) in [6.07, 6.45) is 1.27. The second-order valence-electron chi connectivity index (χ2n) is 7.25. The highest BCUT2D eigenvalue weighted by molar-refractivity contribution is 7.91. The Balaban J connectivity index is 1.87. The van der Waals surface area contributed by atoms with E-state index >= 15 is 0 Å². The summed E-state index contributed by atoms with van der Waals surface area (Å²) in [6.45, 7) is 6.03. The Morgan fingerprint density at radius 3 is 2.84 bits per heavy atom. The SMILES string of the molecule is Cc1cc2c(o1)CC(C)(C)CC2NS(=O)(=O)c1ccc(CC(=O)O)s1. The van der Waals surface area contributed by atoms with Crippen LogP contribution in [0, 0.1) is 12.3 Å². The molecule has 1 atom stereocenters. The number of hydrogen-bond acceptors (Lipinski definition) is 5. The number of carboxylic acid groups (broad SMARTS) is 1. The summed E-state index contributed by atoms with van der Waals surface area (Å²) < 4.78 is 34.2. The summed E-state index contributed by atoms with van der Waals surface area (Å²) in [6, 6.07) is 4.54. The number of sulfonamides is 1. The van der Waals surface area contributed by atoms with E-state index in [-0.39, 0.29) is 22.1 Å². The molecule has 0 fully saturated rings. The van der Waals surface area contributed by atoms with Gasteiger partial charge in [-0.2, -0.15) is 0 Å². The lowest BCUT2D eigenvalue weighted by molar-refractivity contribution is -0.136. The van der Waals surface area contributed by atoms with Crippen molar-refractivity contribution in [1.82, 2.24) is 4.72 Å². The van der Waals surface area contributed by atoms with Crippen molar-refractivity contribution in [2.45, 2.75) is 50.3 Å². The fourth-order valence-corrected chi connectivity index (χ4v) is 5.86. The summed E-state index contributed by atoms with van der Waals surface area (Å²) in [5, 5.41) is 8.84. The highest BCUT2D eigenvalue weighted by Crippen LogP contribution is 2.42. The number of fused-ring (bicyclic) bond motifs is 1. The number of thiophene rings is 1. The van der Waals surface area contributed by atoms with Crippen LogP contribution in [0.3, 0.4) is 0 Å². The van der Waals surface area contributed by atoms with Crippen molar-refractivity contribution >= 4 is 27.3 Å². The molecule has 1 unspecified atom stereocenters. The number of hydrogen-bond donors (Lipinski definition) is 2. The lowest BCUT2D eigenvalue weighted by Crippen LogP contribution is -2.35. The van der Waals surface area contributed by atoms with E-state index < -0.39 is 16.0 Å². The molecule has 0 aromatic carbocycles. The Morgan fingerprint density at radius 1 is 1.44 bits per heavy atom. The molecule has 3 rings (SSSR count). The third-order valence-corrected chi connectivity index (χ3v) is 7.31. The number of rotatable bonds is 5. The van der Waals surface area contributed by atoms with Gasteiger partial charge in [0.2, 0.25) is 0 Å². The topological polar surface area (TPSA) is 96.6 Å². The maximum Gasteiger partial charge on any atom is 0.308 e. The maximum atomic E-state index is 12.7. The molecule has 0 saturated carbocycles. The first-order chi connectivity index (χ1) is 11.6. The maximum absolute atomic E-state index is 12.7. The van der Waals surface area contributed by atoms with Crippen LogP contribution in [0.15, 0.2) is 26.8 Å². The first kappa shape index (κ1) is 18.2. The van der Waals surface area contributed by atoms with E-state index in [1.807, 2.05) is 13.0 Å². The van der Waals surface area contributed by atoms with Gasteiger partial charge in [-0.1, -0.05) is 13.8 Å². The van der Waals surface area contributed by atoms with Gasteiger partial charge in [-0.15, -0.1) is 11.3 Å². The molecule has 2 aromatic heterocycles. The van der Waals surface area contributed by atoms with E-state index in [1.165, 1.54) is 6.07 Å². The van der Waals surface area contributed by atoms with Crippen molar-refractivity contribution in [3.05, 3.63) is 40.2 Å². The molecule has 1 aliphatic rings. The molecule has 0 aliphatic heterocycles. The van der Waals surface area contributed by atoms with E-state index in [9.17, 15) is 13.2 Å². The molecule has 2 aromatic rings. The van der Waals surface area contributed by atoms with Gasteiger partial charge in [-0.25, -0.2) is 13.1 Å². The number of aryl methyl sites for hydroxylation is 1. The van der Waals surface area contributed by atoms with Gasteiger partial charge >= 0.3 is 5.97 Å². The third-order valence-electron chi connectivity index (χ3n) is 4.26. The van der Waals surface area contributed by atoms with Crippen LogP contribution in [0.4, 0.5) is 0 Å². The van der Waals surface area contributed by atoms with Crippen LogP contribution in [-0.2, 0) is 27.7 Å². The number of aliphatic carboxylic acids is 1. The van der Waals surface area contributed by atoms with Gasteiger partial charge in [0.25, 0.3) is 10.0 Å². The van der Waals surface area contributed by atoms with Crippen molar-refractivity contribution < 1.29 is 22.7 Å². The minimum absolute atomic E-state index is 0.0750. The van der Waals surface area contributed by atoms with Gasteiger partial charge in [-0.3, -0.25) is 4.79 Å². The zero-order valence-corrected chi connectivity index (χ0v) is 16.0. The molecule has 0 spiro atoms. The molecule has 6 nitrogen and oxygen atoms in total. The van der Waals surface area contributed by atoms with Crippen molar-refractivity contribution in [2.24, 2.45) is 5.41 Å². The predicted molar refractivity (Wildman–Crippen MR) is 94.3 cm³/mol. The Kier molecular flexibility index (Phi) is 4.55. The zero-order valence-electron chi connectivity index (χ0n) is 14.3. The average Bonchev–Trinajstić information content (AvgIpc) is 3.03. The first-order valence-corrected chi connectivity index (χ1v) is 10.3. The van der Waals surface area contributed by atoms with E-state index in [0.717, 1.165) is 34.8 Å². The fourth-order valence-electron chi connectivity index (χ4n) is 3.28. The zero-order chi connectivity index (χ0) is 18.4. The molecule has 136 valence electrons. The van der Waals surface area contributed by atoms with Crippen LogP contribution in [0.2, 0.25) is 0 Å². The Labute approximate surface area is 150 Å². The average molecular weight is 383 g/mol. The minimum atomic E-state index is -3.72. The molecule has 2 heterocycles. The molecule has 0 radical (unpaired) electrons. The summed E-state index contributed by atoms with van der Waals surface area (Å²) in [5.41, 5.74) is 0.816. The van der Waals surface area contributed by atoms with Gasteiger partial charge < -0.3 is 9.52 Å². The van der Waals surface area contributed by atoms with Gasteiger partial charge in [-0.05, 0) is 37.0 Å². The molecule has 0 amide bonds. The van der Waals surface area contributed by atoms with Crippen molar-refractivity contribution in [1.29, 1.82) is 0 Å². The molecular weight excluding hydrogens is 362 g/mol. The molecule has 0 saturated heterocycles. The van der Waals surface area contributed by atoms with Crippen LogP contribution in [0.25, 0.3) is 0 Å². The minimum Gasteiger partial charge on any atom is -0.481 e. The third kappa shape index (κ3) is 3.96. The Bertz CT molecular complexity index is 907. The van der Waals surface area contributed by atoms with Gasteiger partial charge in [0.15, 0.2) is 0 Å². The lowest BCUT2D eigenvalue weighted by Gasteiger charge is -2.34. The molecule has 1 aliphatic carbocycles. The molecule has 8 heteroatoms. The van der Waals surface area contributed by atoms with Crippen molar-refractivity contribution in [2.75, 3.05) is 0 Å². The van der Waals surface area contributed by atoms with E-state index in [4.69, 9.17) is 9.52 Å². The highest BCUT2D eigenvalue weighted by atomic mass is 32.2. The van der Waals surface area contributed by atoms with Gasteiger partial charge in [0.1, 0.15) is 15.7 Å². The molecule has 25 heavy (non-hydrogen) atoms. The standard InChI is InChI=1S/C17H21NO5S2/c1-10-6-12-13(8-17(2,3)9-14(12)23-10)18-25(21,22)16-5-4-11(24-16)7-15(19)20/h4-6,13,18H,7-9H2,1-3H3,(H,19,20). The molecule has 2 N–H and O–H groups in total. The predicted octanol–water partition coefficient (Wildman–Crippen LogP) is 3.27. The van der Waals surface area contributed by atoms with E-state index in [0.29, 0.717) is 11.3 Å². The number of carbonyl (C=O) groups is 1.